The van der Waals surface area contributed by atoms with Crippen LogP contribution in [0.4, 0.5) is 0 Å². The molecule has 1 fully saturated rings. The van der Waals surface area contributed by atoms with Gasteiger partial charge < -0.3 is 5.32 Å². The van der Waals surface area contributed by atoms with E-state index < -0.39 is 0 Å². The number of rotatable bonds is 4. The van der Waals surface area contributed by atoms with Gasteiger partial charge in [0.25, 0.3) is 0 Å². The minimum absolute atomic E-state index is 0.698. The van der Waals surface area contributed by atoms with Crippen LogP contribution in [-0.2, 0) is 19.4 Å². The van der Waals surface area contributed by atoms with Gasteiger partial charge in [0.2, 0.25) is 0 Å². The summed E-state index contributed by atoms with van der Waals surface area (Å²) in [6.07, 6.45) is 11.0. The maximum absolute atomic E-state index is 6.46. The van der Waals surface area contributed by atoms with Crippen LogP contribution in [0, 0.1) is 0 Å². The van der Waals surface area contributed by atoms with Gasteiger partial charge in [-0.3, -0.25) is 4.57 Å². The van der Waals surface area contributed by atoms with Crippen LogP contribution in [0.1, 0.15) is 42.6 Å². The number of imidazole rings is 1. The Kier molecular flexibility index (Phi) is 3.43. The lowest BCUT2D eigenvalue weighted by molar-refractivity contribution is 0.653. The summed E-state index contributed by atoms with van der Waals surface area (Å²) < 4.78 is 2.06. The van der Waals surface area contributed by atoms with Gasteiger partial charge in [0, 0.05) is 24.5 Å². The van der Waals surface area contributed by atoms with Crippen molar-refractivity contribution < 1.29 is 0 Å². The smallest absolute Gasteiger partial charge is 0.156 e. The summed E-state index contributed by atoms with van der Waals surface area (Å²) in [5.41, 5.74) is 3.63. The predicted octanol–water partition coefficient (Wildman–Crippen LogP) is 3.05. The van der Waals surface area contributed by atoms with Gasteiger partial charge in [-0.15, -0.1) is 0 Å². The van der Waals surface area contributed by atoms with Gasteiger partial charge >= 0.3 is 0 Å². The Balaban J connectivity index is 1.60. The van der Waals surface area contributed by atoms with E-state index in [9.17, 15) is 0 Å². The van der Waals surface area contributed by atoms with E-state index in [1.807, 2.05) is 18.6 Å². The summed E-state index contributed by atoms with van der Waals surface area (Å²) >= 11 is 6.46. The highest BCUT2D eigenvalue weighted by Gasteiger charge is 2.21. The first-order chi connectivity index (χ1) is 10.3. The van der Waals surface area contributed by atoms with Crippen molar-refractivity contribution >= 4 is 11.6 Å². The van der Waals surface area contributed by atoms with E-state index in [-0.39, 0.29) is 0 Å². The standard InChI is InChI=1S/C16H19ClN4/c17-13-7-11(8-18-12-5-6-12)9-19-16(13)21-10-20-14-3-1-2-4-15(14)21/h7,9-10,12,18H,1-6,8H2. The number of hydrogen-bond donors (Lipinski definition) is 1. The minimum atomic E-state index is 0.698. The molecule has 4 nitrogen and oxygen atoms in total. The Bertz CT molecular complexity index is 660. The normalized spacial score (nSPS) is 17.8. The molecular weight excluding hydrogens is 284 g/mol. The molecule has 0 aromatic carbocycles. The van der Waals surface area contributed by atoms with E-state index in [0.717, 1.165) is 30.8 Å². The van der Waals surface area contributed by atoms with Gasteiger partial charge in [-0.25, -0.2) is 9.97 Å². The third-order valence-electron chi connectivity index (χ3n) is 4.31. The van der Waals surface area contributed by atoms with Crippen LogP contribution in [-0.4, -0.2) is 20.6 Å². The van der Waals surface area contributed by atoms with Crippen molar-refractivity contribution in [2.45, 2.75) is 51.1 Å². The van der Waals surface area contributed by atoms with Crippen molar-refractivity contribution in [1.29, 1.82) is 0 Å². The van der Waals surface area contributed by atoms with Crippen molar-refractivity contribution in [2.24, 2.45) is 0 Å². The van der Waals surface area contributed by atoms with E-state index in [1.165, 1.54) is 37.1 Å². The summed E-state index contributed by atoms with van der Waals surface area (Å²) in [7, 11) is 0. The van der Waals surface area contributed by atoms with E-state index in [1.54, 1.807) is 0 Å². The van der Waals surface area contributed by atoms with Crippen LogP contribution in [0.25, 0.3) is 5.82 Å². The Morgan fingerprint density at radius 3 is 2.90 bits per heavy atom. The second kappa shape index (κ2) is 5.43. The van der Waals surface area contributed by atoms with E-state index in [4.69, 9.17) is 11.6 Å². The second-order valence-electron chi connectivity index (χ2n) is 6.02. The molecule has 0 amide bonds. The maximum atomic E-state index is 6.46. The van der Waals surface area contributed by atoms with Gasteiger partial charge in [0.15, 0.2) is 5.82 Å². The Hall–Kier alpha value is -1.39. The lowest BCUT2D eigenvalue weighted by atomic mass is 10.0. The highest BCUT2D eigenvalue weighted by molar-refractivity contribution is 6.32. The molecule has 21 heavy (non-hydrogen) atoms. The molecule has 2 heterocycles. The van der Waals surface area contributed by atoms with Gasteiger partial charge in [0.1, 0.15) is 6.33 Å². The molecule has 110 valence electrons. The van der Waals surface area contributed by atoms with Crippen LogP contribution in [0.15, 0.2) is 18.6 Å². The summed E-state index contributed by atoms with van der Waals surface area (Å²) in [6, 6.07) is 2.72. The largest absolute Gasteiger partial charge is 0.310 e. The number of nitrogens with zero attached hydrogens (tertiary/aromatic N) is 3. The molecule has 0 spiro atoms. The first kappa shape index (κ1) is 13.3. The second-order valence-corrected chi connectivity index (χ2v) is 6.43. The molecular formula is C16H19ClN4. The fourth-order valence-electron chi connectivity index (χ4n) is 2.95. The summed E-state index contributed by atoms with van der Waals surface area (Å²) in [4.78, 5) is 9.09. The fraction of sp³-hybridized carbons (Fsp3) is 0.500. The molecule has 1 saturated carbocycles. The first-order valence-electron chi connectivity index (χ1n) is 7.74. The average Bonchev–Trinajstić information content (AvgIpc) is 3.24. The monoisotopic (exact) mass is 302 g/mol. The quantitative estimate of drug-likeness (QED) is 0.944. The van der Waals surface area contributed by atoms with Crippen LogP contribution >= 0.6 is 11.6 Å². The zero-order chi connectivity index (χ0) is 14.2. The van der Waals surface area contributed by atoms with Gasteiger partial charge in [-0.1, -0.05) is 11.6 Å². The van der Waals surface area contributed by atoms with Gasteiger partial charge in [-0.05, 0) is 50.2 Å². The third-order valence-corrected chi connectivity index (χ3v) is 4.59. The molecule has 2 aliphatic rings. The number of halogens is 1. The number of nitrogens with one attached hydrogen (secondary N) is 1. The van der Waals surface area contributed by atoms with E-state index in [0.29, 0.717) is 11.1 Å². The molecule has 5 heteroatoms. The highest BCUT2D eigenvalue weighted by atomic mass is 35.5. The SMILES string of the molecule is Clc1cc(CNC2CC2)cnc1-n1cnc2c1CCCC2. The molecule has 0 saturated heterocycles. The van der Waals surface area contributed by atoms with Crippen molar-refractivity contribution in [1.82, 2.24) is 19.9 Å². The molecule has 0 radical (unpaired) electrons. The third kappa shape index (κ3) is 2.70. The lowest BCUT2D eigenvalue weighted by Crippen LogP contribution is -2.15. The minimum Gasteiger partial charge on any atom is -0.310 e. The number of hydrogen-bond acceptors (Lipinski definition) is 3. The van der Waals surface area contributed by atoms with Crippen LogP contribution in [0.5, 0.6) is 0 Å². The van der Waals surface area contributed by atoms with Gasteiger partial charge in [0.05, 0.1) is 10.7 Å². The predicted molar refractivity (Wildman–Crippen MR) is 82.9 cm³/mol. The number of pyridine rings is 1. The Morgan fingerprint density at radius 1 is 1.24 bits per heavy atom. The zero-order valence-corrected chi connectivity index (χ0v) is 12.7. The molecule has 2 aliphatic carbocycles. The molecule has 1 N–H and O–H groups in total. The molecule has 0 atom stereocenters. The summed E-state index contributed by atoms with van der Waals surface area (Å²) in [5.74, 6) is 0.808. The van der Waals surface area contributed by atoms with Gasteiger partial charge in [-0.2, -0.15) is 0 Å². The highest BCUT2D eigenvalue weighted by Crippen LogP contribution is 2.26. The summed E-state index contributed by atoms with van der Waals surface area (Å²) in [6.45, 7) is 0.847. The summed E-state index contributed by atoms with van der Waals surface area (Å²) in [5, 5.41) is 4.19. The number of fused-ring (bicyclic) bond motifs is 1. The topological polar surface area (TPSA) is 42.7 Å². The number of aryl methyl sites for hydroxylation is 1. The zero-order valence-electron chi connectivity index (χ0n) is 12.0. The van der Waals surface area contributed by atoms with E-state index in [2.05, 4.69) is 19.9 Å². The average molecular weight is 303 g/mol. The molecule has 2 aromatic rings. The molecule has 0 unspecified atom stereocenters. The fourth-order valence-corrected chi connectivity index (χ4v) is 3.23. The van der Waals surface area contributed by atoms with Crippen molar-refractivity contribution in [3.63, 3.8) is 0 Å². The van der Waals surface area contributed by atoms with Crippen LogP contribution in [0.2, 0.25) is 5.02 Å². The molecule has 0 bridgehead atoms. The Morgan fingerprint density at radius 2 is 2.10 bits per heavy atom. The molecule has 0 aliphatic heterocycles. The van der Waals surface area contributed by atoms with Crippen molar-refractivity contribution in [3.8, 4) is 5.82 Å². The lowest BCUT2D eigenvalue weighted by Gasteiger charge is -2.14. The first-order valence-corrected chi connectivity index (χ1v) is 8.12. The molecule has 2 aromatic heterocycles. The van der Waals surface area contributed by atoms with Crippen molar-refractivity contribution in [2.75, 3.05) is 0 Å². The van der Waals surface area contributed by atoms with Crippen LogP contribution < -0.4 is 5.32 Å². The molecule has 4 rings (SSSR count). The van der Waals surface area contributed by atoms with Crippen molar-refractivity contribution in [3.05, 3.63) is 40.6 Å². The maximum Gasteiger partial charge on any atom is 0.156 e. The van der Waals surface area contributed by atoms with E-state index >= 15 is 0 Å². The Labute approximate surface area is 129 Å². The number of aromatic nitrogens is 3. The van der Waals surface area contributed by atoms with Crippen LogP contribution in [0.3, 0.4) is 0 Å².